The Kier molecular flexibility index (Phi) is 3.60. The summed E-state index contributed by atoms with van der Waals surface area (Å²) in [5.41, 5.74) is 11.4. The molecule has 2 aromatic carbocycles. The lowest BCUT2D eigenvalue weighted by Crippen LogP contribution is -1.91. The van der Waals surface area contributed by atoms with Gasteiger partial charge in [0, 0.05) is 14.5 Å². The number of nitrogens with two attached hydrogens (primary N) is 1. The molecule has 20 heavy (non-hydrogen) atoms. The molecule has 0 bridgehead atoms. The molecule has 0 spiro atoms. The Balaban J connectivity index is 2.28. The summed E-state index contributed by atoms with van der Waals surface area (Å²) in [6, 6.07) is 8.29. The predicted molar refractivity (Wildman–Crippen MR) is 94.3 cm³/mol. The normalized spacial score (nSPS) is 11.2. The van der Waals surface area contributed by atoms with E-state index >= 15 is 0 Å². The number of anilines is 1. The van der Waals surface area contributed by atoms with Gasteiger partial charge in [0.1, 0.15) is 5.01 Å². The van der Waals surface area contributed by atoms with E-state index in [-0.39, 0.29) is 0 Å². The number of benzene rings is 2. The monoisotopic (exact) mass is 410 g/mol. The lowest BCUT2D eigenvalue weighted by Gasteiger charge is -2.05. The fourth-order valence-electron chi connectivity index (χ4n) is 2.25. The Morgan fingerprint density at radius 3 is 2.60 bits per heavy atom. The number of nitrogens with zero attached hydrogens (tertiary/aromatic N) is 1. The van der Waals surface area contributed by atoms with E-state index in [1.807, 2.05) is 12.1 Å². The van der Waals surface area contributed by atoms with Gasteiger partial charge in [-0.2, -0.15) is 0 Å². The van der Waals surface area contributed by atoms with Crippen molar-refractivity contribution in [3.63, 3.8) is 0 Å². The number of hydrogen-bond acceptors (Lipinski definition) is 3. The highest BCUT2D eigenvalue weighted by Gasteiger charge is 2.13. The van der Waals surface area contributed by atoms with Crippen LogP contribution in [0.3, 0.4) is 0 Å². The Bertz CT molecular complexity index is 824. The molecule has 0 atom stereocenters. The molecule has 0 aliphatic carbocycles. The molecule has 2 N–H and O–H groups in total. The summed E-state index contributed by atoms with van der Waals surface area (Å²) in [6.45, 7) is 4.20. The average Bonchev–Trinajstić information content (AvgIpc) is 2.77. The number of hydrogen-bond donors (Lipinski definition) is 1. The van der Waals surface area contributed by atoms with Crippen molar-refractivity contribution in [1.29, 1.82) is 0 Å². The van der Waals surface area contributed by atoms with Crippen molar-refractivity contribution in [3.8, 4) is 10.6 Å². The zero-order chi connectivity index (χ0) is 14.4. The summed E-state index contributed by atoms with van der Waals surface area (Å²) in [6.07, 6.45) is 0. The zero-order valence-corrected chi connectivity index (χ0v) is 15.0. The number of thiazole rings is 1. The molecule has 0 saturated carbocycles. The fraction of sp³-hybridized carbons (Fsp3) is 0.133. The molecule has 1 heterocycles. The highest BCUT2D eigenvalue weighted by Crippen LogP contribution is 2.39. The van der Waals surface area contributed by atoms with Gasteiger partial charge in [0.05, 0.1) is 15.9 Å². The van der Waals surface area contributed by atoms with Gasteiger partial charge in [-0.05, 0) is 59.1 Å². The van der Waals surface area contributed by atoms with Crippen LogP contribution in [0.5, 0.6) is 0 Å². The van der Waals surface area contributed by atoms with Crippen LogP contribution in [0.15, 0.2) is 33.2 Å². The van der Waals surface area contributed by atoms with Crippen molar-refractivity contribution < 1.29 is 0 Å². The summed E-state index contributed by atoms with van der Waals surface area (Å²) < 4.78 is 3.07. The minimum atomic E-state index is 0.724. The molecule has 0 radical (unpaired) electrons. The van der Waals surface area contributed by atoms with E-state index in [1.54, 1.807) is 11.3 Å². The van der Waals surface area contributed by atoms with Crippen molar-refractivity contribution >= 4 is 59.1 Å². The van der Waals surface area contributed by atoms with Gasteiger partial charge in [0.2, 0.25) is 0 Å². The van der Waals surface area contributed by atoms with Crippen molar-refractivity contribution in [1.82, 2.24) is 4.98 Å². The van der Waals surface area contributed by atoms with Gasteiger partial charge >= 0.3 is 0 Å². The summed E-state index contributed by atoms with van der Waals surface area (Å²) in [7, 11) is 0. The smallest absolute Gasteiger partial charge is 0.126 e. The molecule has 0 aliphatic rings. The quantitative estimate of drug-likeness (QED) is 0.522. The first kappa shape index (κ1) is 14.0. The number of fused-ring (bicyclic) bond motifs is 1. The highest BCUT2D eigenvalue weighted by molar-refractivity contribution is 9.11. The Labute approximate surface area is 138 Å². The van der Waals surface area contributed by atoms with Gasteiger partial charge in [-0.15, -0.1) is 11.3 Å². The first-order valence-corrected chi connectivity index (χ1v) is 8.48. The molecule has 0 aliphatic heterocycles. The van der Waals surface area contributed by atoms with Crippen LogP contribution >= 0.6 is 43.2 Å². The molecule has 0 amide bonds. The lowest BCUT2D eigenvalue weighted by molar-refractivity contribution is 1.38. The lowest BCUT2D eigenvalue weighted by atomic mass is 10.1. The third-order valence-corrected chi connectivity index (χ3v) is 5.30. The van der Waals surface area contributed by atoms with Crippen LogP contribution in [-0.2, 0) is 0 Å². The molecule has 3 rings (SSSR count). The molecule has 0 unspecified atom stereocenters. The van der Waals surface area contributed by atoms with Gasteiger partial charge in [0.25, 0.3) is 0 Å². The van der Waals surface area contributed by atoms with Crippen LogP contribution in [0, 0.1) is 13.8 Å². The molecular weight excluding hydrogens is 400 g/mol. The van der Waals surface area contributed by atoms with Gasteiger partial charge in [-0.1, -0.05) is 22.0 Å². The standard InChI is InChI=1S/C15H12Br2N2S/c1-7-3-8(2)14-12(4-7)20-15(19-14)10-5-9(16)6-11(17)13(10)18/h3-6H,18H2,1-2H3. The highest BCUT2D eigenvalue weighted by atomic mass is 79.9. The van der Waals surface area contributed by atoms with Crippen LogP contribution in [0.1, 0.15) is 11.1 Å². The van der Waals surface area contributed by atoms with Crippen molar-refractivity contribution in [2.75, 3.05) is 5.73 Å². The second-order valence-corrected chi connectivity index (χ2v) is 7.60. The Morgan fingerprint density at radius 1 is 1.10 bits per heavy atom. The molecule has 0 fully saturated rings. The molecule has 1 aromatic heterocycles. The summed E-state index contributed by atoms with van der Waals surface area (Å²) in [5.74, 6) is 0. The number of nitrogen functional groups attached to an aromatic ring is 1. The minimum Gasteiger partial charge on any atom is -0.397 e. The Morgan fingerprint density at radius 2 is 1.85 bits per heavy atom. The molecule has 0 saturated heterocycles. The van der Waals surface area contributed by atoms with Crippen LogP contribution < -0.4 is 5.73 Å². The number of aromatic nitrogens is 1. The third-order valence-electron chi connectivity index (χ3n) is 3.15. The third kappa shape index (κ3) is 2.38. The molecule has 3 aromatic rings. The van der Waals surface area contributed by atoms with Crippen LogP contribution in [0.4, 0.5) is 5.69 Å². The summed E-state index contributed by atoms with van der Waals surface area (Å²) >= 11 is 8.67. The van der Waals surface area contributed by atoms with E-state index in [0.717, 1.165) is 30.7 Å². The minimum absolute atomic E-state index is 0.724. The van der Waals surface area contributed by atoms with Crippen molar-refractivity contribution in [3.05, 3.63) is 44.3 Å². The maximum atomic E-state index is 6.17. The Hall–Kier alpha value is -0.910. The van der Waals surface area contributed by atoms with E-state index < -0.39 is 0 Å². The molecule has 102 valence electrons. The van der Waals surface area contributed by atoms with Gasteiger partial charge < -0.3 is 5.73 Å². The fourth-order valence-corrected chi connectivity index (χ4v) is 4.64. The van der Waals surface area contributed by atoms with Gasteiger partial charge in [-0.25, -0.2) is 4.98 Å². The molecular formula is C15H12Br2N2S. The topological polar surface area (TPSA) is 38.9 Å². The first-order valence-electron chi connectivity index (χ1n) is 6.08. The van der Waals surface area contributed by atoms with Crippen LogP contribution in [-0.4, -0.2) is 4.98 Å². The van der Waals surface area contributed by atoms with E-state index in [1.165, 1.54) is 15.8 Å². The predicted octanol–water partition coefficient (Wildman–Crippen LogP) is 5.69. The van der Waals surface area contributed by atoms with E-state index in [4.69, 9.17) is 10.7 Å². The van der Waals surface area contributed by atoms with E-state index in [2.05, 4.69) is 57.8 Å². The van der Waals surface area contributed by atoms with E-state index in [0.29, 0.717) is 0 Å². The SMILES string of the molecule is Cc1cc(C)c2nc(-c3cc(Br)cc(Br)c3N)sc2c1. The summed E-state index contributed by atoms with van der Waals surface area (Å²) in [4.78, 5) is 4.76. The number of rotatable bonds is 1. The van der Waals surface area contributed by atoms with Crippen molar-refractivity contribution in [2.24, 2.45) is 0 Å². The number of halogens is 2. The van der Waals surface area contributed by atoms with Gasteiger partial charge in [0.15, 0.2) is 0 Å². The molecule has 2 nitrogen and oxygen atoms in total. The second-order valence-electron chi connectivity index (χ2n) is 4.80. The second kappa shape index (κ2) is 5.13. The zero-order valence-electron chi connectivity index (χ0n) is 11.0. The average molecular weight is 412 g/mol. The van der Waals surface area contributed by atoms with Gasteiger partial charge in [-0.3, -0.25) is 0 Å². The van der Waals surface area contributed by atoms with Crippen molar-refractivity contribution in [2.45, 2.75) is 13.8 Å². The van der Waals surface area contributed by atoms with E-state index in [9.17, 15) is 0 Å². The van der Waals surface area contributed by atoms with Crippen LogP contribution in [0.25, 0.3) is 20.8 Å². The number of aryl methyl sites for hydroxylation is 2. The largest absolute Gasteiger partial charge is 0.397 e. The first-order chi connectivity index (χ1) is 9.45. The maximum Gasteiger partial charge on any atom is 0.126 e. The molecule has 5 heteroatoms. The summed E-state index contributed by atoms with van der Waals surface area (Å²) in [5, 5.41) is 0.952. The maximum absolute atomic E-state index is 6.17. The van der Waals surface area contributed by atoms with Crippen LogP contribution in [0.2, 0.25) is 0 Å².